The van der Waals surface area contributed by atoms with Crippen molar-refractivity contribution in [3.63, 3.8) is 0 Å². The van der Waals surface area contributed by atoms with Crippen LogP contribution >= 0.6 is 0 Å². The van der Waals surface area contributed by atoms with E-state index in [-0.39, 0.29) is 23.4 Å². The molecule has 0 heterocycles. The Morgan fingerprint density at radius 1 is 0.837 bits per heavy atom. The first-order valence-electron chi connectivity index (χ1n) is 15.3. The maximum Gasteiger partial charge on any atom is 0.264 e. The predicted molar refractivity (Wildman–Crippen MR) is 172 cm³/mol. The first-order valence-corrected chi connectivity index (χ1v) is 16.7. The number of carbonyl (C=O) groups excluding carboxylic acids is 2. The lowest BCUT2D eigenvalue weighted by Gasteiger charge is -2.34. The van der Waals surface area contributed by atoms with Gasteiger partial charge in [0.05, 0.1) is 10.6 Å². The van der Waals surface area contributed by atoms with Gasteiger partial charge in [-0.3, -0.25) is 13.9 Å². The van der Waals surface area contributed by atoms with Gasteiger partial charge in [0.15, 0.2) is 0 Å². The molecule has 0 radical (unpaired) electrons. The summed E-state index contributed by atoms with van der Waals surface area (Å²) in [4.78, 5) is 29.7. The summed E-state index contributed by atoms with van der Waals surface area (Å²) in [5.41, 5.74) is 5.07. The number of aryl methyl sites for hydroxylation is 4. The second kappa shape index (κ2) is 14.2. The highest BCUT2D eigenvalue weighted by molar-refractivity contribution is 7.92. The van der Waals surface area contributed by atoms with Crippen molar-refractivity contribution in [3.8, 4) is 0 Å². The maximum absolute atomic E-state index is 14.4. The van der Waals surface area contributed by atoms with Gasteiger partial charge in [-0.1, -0.05) is 79.8 Å². The SMILES string of the molecule is CC[C@H](C(=O)NC1CCCCC1)N(Cc1cccc(C)c1)C(=O)CN(c1cc(C)cc(C)c1)S(=O)(=O)c1ccc(C)cc1. The van der Waals surface area contributed by atoms with Crippen LogP contribution in [0, 0.1) is 27.7 Å². The molecule has 1 fully saturated rings. The van der Waals surface area contributed by atoms with Crippen molar-refractivity contribution in [3.05, 3.63) is 94.5 Å². The van der Waals surface area contributed by atoms with Crippen LogP contribution in [0.2, 0.25) is 0 Å². The van der Waals surface area contributed by atoms with Crippen LogP contribution in [0.5, 0.6) is 0 Å². The highest BCUT2D eigenvalue weighted by Crippen LogP contribution is 2.27. The number of hydrogen-bond acceptors (Lipinski definition) is 4. The highest BCUT2D eigenvalue weighted by atomic mass is 32.2. The van der Waals surface area contributed by atoms with Crippen LogP contribution in [0.25, 0.3) is 0 Å². The number of hydrogen-bond donors (Lipinski definition) is 1. The fraction of sp³-hybridized carbons (Fsp3) is 0.429. The van der Waals surface area contributed by atoms with E-state index in [2.05, 4.69) is 5.32 Å². The summed E-state index contributed by atoms with van der Waals surface area (Å²) in [5, 5.41) is 3.20. The van der Waals surface area contributed by atoms with E-state index in [4.69, 9.17) is 0 Å². The summed E-state index contributed by atoms with van der Waals surface area (Å²) in [6.45, 7) is 9.35. The van der Waals surface area contributed by atoms with Crippen molar-refractivity contribution >= 4 is 27.5 Å². The van der Waals surface area contributed by atoms with Crippen LogP contribution in [0.15, 0.2) is 71.6 Å². The van der Waals surface area contributed by atoms with Crippen molar-refractivity contribution in [2.24, 2.45) is 0 Å². The Hall–Kier alpha value is -3.65. The van der Waals surface area contributed by atoms with E-state index in [9.17, 15) is 18.0 Å². The minimum atomic E-state index is -4.10. The molecule has 230 valence electrons. The van der Waals surface area contributed by atoms with Crippen LogP contribution < -0.4 is 9.62 Å². The molecular weight excluding hydrogens is 558 g/mol. The number of benzene rings is 3. The topological polar surface area (TPSA) is 86.8 Å². The molecule has 0 spiro atoms. The lowest BCUT2D eigenvalue weighted by Crippen LogP contribution is -2.54. The van der Waals surface area contributed by atoms with Crippen molar-refractivity contribution in [2.45, 2.75) is 96.7 Å². The number of carbonyl (C=O) groups is 2. The van der Waals surface area contributed by atoms with Gasteiger partial charge >= 0.3 is 0 Å². The zero-order valence-electron chi connectivity index (χ0n) is 26.1. The van der Waals surface area contributed by atoms with Gasteiger partial charge in [-0.2, -0.15) is 0 Å². The summed E-state index contributed by atoms with van der Waals surface area (Å²) in [7, 11) is -4.10. The van der Waals surface area contributed by atoms with Crippen LogP contribution in [-0.4, -0.2) is 43.8 Å². The number of anilines is 1. The van der Waals surface area contributed by atoms with Crippen molar-refractivity contribution in [2.75, 3.05) is 10.8 Å². The van der Waals surface area contributed by atoms with Gasteiger partial charge in [0.1, 0.15) is 12.6 Å². The molecule has 3 aromatic rings. The number of amides is 2. The Morgan fingerprint density at radius 3 is 2.09 bits per heavy atom. The third kappa shape index (κ3) is 8.25. The molecule has 0 bridgehead atoms. The first-order chi connectivity index (χ1) is 20.5. The van der Waals surface area contributed by atoms with Gasteiger partial charge in [-0.05, 0) is 87.9 Å². The number of rotatable bonds is 11. The molecule has 1 aliphatic carbocycles. The molecule has 4 rings (SSSR count). The summed E-state index contributed by atoms with van der Waals surface area (Å²) < 4.78 is 29.5. The van der Waals surface area contributed by atoms with Gasteiger partial charge in [0.2, 0.25) is 11.8 Å². The minimum Gasteiger partial charge on any atom is -0.352 e. The molecular formula is C35H45N3O4S. The molecule has 2 amide bonds. The first kappa shape index (κ1) is 32.3. The molecule has 8 heteroatoms. The monoisotopic (exact) mass is 603 g/mol. The Balaban J connectivity index is 1.73. The maximum atomic E-state index is 14.4. The minimum absolute atomic E-state index is 0.0971. The Kier molecular flexibility index (Phi) is 10.7. The van der Waals surface area contributed by atoms with Crippen LogP contribution in [0.3, 0.4) is 0 Å². The molecule has 43 heavy (non-hydrogen) atoms. The van der Waals surface area contributed by atoms with Crippen molar-refractivity contribution in [1.82, 2.24) is 10.2 Å². The normalized spacial score (nSPS) is 14.6. The smallest absolute Gasteiger partial charge is 0.264 e. The summed E-state index contributed by atoms with van der Waals surface area (Å²) >= 11 is 0. The third-order valence-electron chi connectivity index (χ3n) is 8.16. The van der Waals surface area contributed by atoms with E-state index < -0.39 is 28.5 Å². The third-order valence-corrected chi connectivity index (χ3v) is 9.94. The Bertz CT molecular complexity index is 1510. The molecule has 7 nitrogen and oxygen atoms in total. The molecule has 1 atom stereocenters. The second-order valence-corrected chi connectivity index (χ2v) is 13.8. The van der Waals surface area contributed by atoms with Gasteiger partial charge in [0, 0.05) is 12.6 Å². The average Bonchev–Trinajstić information content (AvgIpc) is 2.96. The number of nitrogens with zero attached hydrogens (tertiary/aromatic N) is 2. The fourth-order valence-corrected chi connectivity index (χ4v) is 7.33. The standard InChI is InChI=1S/C35H45N3O4S/c1-6-33(35(40)36-30-13-8-7-9-14-30)37(23-29-12-10-11-26(3)20-29)34(39)24-38(31-21-27(4)19-28(5)22-31)43(41,42)32-17-15-25(2)16-18-32/h10-12,15-22,30,33H,6-9,13-14,23-24H2,1-5H3,(H,36,40)/t33-/m1/s1. The zero-order valence-corrected chi connectivity index (χ0v) is 26.9. The average molecular weight is 604 g/mol. The van der Waals surface area contributed by atoms with E-state index in [1.165, 1.54) is 10.7 Å². The quantitative estimate of drug-likeness (QED) is 0.276. The Morgan fingerprint density at radius 2 is 1.49 bits per heavy atom. The lowest BCUT2D eigenvalue weighted by atomic mass is 9.95. The van der Waals surface area contributed by atoms with Gasteiger partial charge in [0.25, 0.3) is 10.0 Å². The molecule has 0 saturated heterocycles. The highest BCUT2D eigenvalue weighted by Gasteiger charge is 2.34. The molecule has 0 unspecified atom stereocenters. The largest absolute Gasteiger partial charge is 0.352 e. The van der Waals surface area contributed by atoms with E-state index in [1.54, 1.807) is 41.3 Å². The number of sulfonamides is 1. The predicted octanol–water partition coefficient (Wildman–Crippen LogP) is 6.37. The van der Waals surface area contributed by atoms with E-state index in [1.807, 2.05) is 65.0 Å². The fourth-order valence-electron chi connectivity index (χ4n) is 5.93. The lowest BCUT2D eigenvalue weighted by molar-refractivity contribution is -0.140. The van der Waals surface area contributed by atoms with E-state index in [0.717, 1.165) is 53.5 Å². The van der Waals surface area contributed by atoms with Crippen molar-refractivity contribution < 1.29 is 18.0 Å². The molecule has 0 aromatic heterocycles. The second-order valence-electron chi connectivity index (χ2n) is 11.9. The Labute approximate surface area is 257 Å². The molecule has 3 aromatic carbocycles. The summed E-state index contributed by atoms with van der Waals surface area (Å²) in [6.07, 6.45) is 5.60. The summed E-state index contributed by atoms with van der Waals surface area (Å²) in [5.74, 6) is -0.614. The van der Waals surface area contributed by atoms with Crippen LogP contribution in [0.1, 0.15) is 73.3 Å². The van der Waals surface area contributed by atoms with Gasteiger partial charge < -0.3 is 10.2 Å². The molecule has 1 saturated carbocycles. The van der Waals surface area contributed by atoms with E-state index in [0.29, 0.717) is 12.1 Å². The molecule has 1 N–H and O–H groups in total. The van der Waals surface area contributed by atoms with Crippen LogP contribution in [-0.2, 0) is 26.2 Å². The molecule has 0 aliphatic heterocycles. The number of nitrogens with one attached hydrogen (secondary N) is 1. The molecule has 1 aliphatic rings. The van der Waals surface area contributed by atoms with Gasteiger partial charge in [-0.25, -0.2) is 8.42 Å². The summed E-state index contributed by atoms with van der Waals surface area (Å²) in [6, 6.07) is 19.4. The van der Waals surface area contributed by atoms with E-state index >= 15 is 0 Å². The van der Waals surface area contributed by atoms with Gasteiger partial charge in [-0.15, -0.1) is 0 Å². The zero-order chi connectivity index (χ0) is 31.1. The van der Waals surface area contributed by atoms with Crippen molar-refractivity contribution in [1.29, 1.82) is 0 Å². The van der Waals surface area contributed by atoms with Crippen LogP contribution in [0.4, 0.5) is 5.69 Å².